The Bertz CT molecular complexity index is 458. The van der Waals surface area contributed by atoms with Crippen molar-refractivity contribution in [3.8, 4) is 0 Å². The SMILES string of the molecule is C1=C/C=C2/CCC3C2=C(C=C1)C1CCCCC13. The van der Waals surface area contributed by atoms with Crippen molar-refractivity contribution in [2.45, 2.75) is 38.5 Å². The van der Waals surface area contributed by atoms with Gasteiger partial charge in [0.1, 0.15) is 0 Å². The fourth-order valence-electron chi connectivity index (χ4n) is 4.66. The Morgan fingerprint density at radius 1 is 0.882 bits per heavy atom. The van der Waals surface area contributed by atoms with Gasteiger partial charge in [-0.1, -0.05) is 43.2 Å². The topological polar surface area (TPSA) is 0 Å². The maximum atomic E-state index is 2.42. The van der Waals surface area contributed by atoms with Crippen LogP contribution in [0.15, 0.2) is 47.1 Å². The molecule has 0 nitrogen and oxygen atoms in total. The average Bonchev–Trinajstić information content (AvgIpc) is 2.84. The molecular formula is C17H20. The van der Waals surface area contributed by atoms with Gasteiger partial charge in [0.15, 0.2) is 0 Å². The fourth-order valence-corrected chi connectivity index (χ4v) is 4.66. The molecule has 0 heterocycles. The number of hydrogen-bond donors (Lipinski definition) is 0. The van der Waals surface area contributed by atoms with E-state index in [1.807, 2.05) is 0 Å². The third-order valence-electron chi connectivity index (χ3n) is 5.28. The molecular weight excluding hydrogens is 204 g/mol. The van der Waals surface area contributed by atoms with E-state index in [0.717, 1.165) is 17.8 Å². The molecule has 3 unspecified atom stereocenters. The van der Waals surface area contributed by atoms with Gasteiger partial charge in [0.05, 0.1) is 0 Å². The first kappa shape index (κ1) is 9.94. The van der Waals surface area contributed by atoms with Gasteiger partial charge < -0.3 is 0 Å². The van der Waals surface area contributed by atoms with Crippen LogP contribution >= 0.6 is 0 Å². The number of fused-ring (bicyclic) bond motifs is 3. The molecule has 4 aliphatic rings. The molecule has 4 rings (SSSR count). The summed E-state index contributed by atoms with van der Waals surface area (Å²) in [6.45, 7) is 0. The first-order valence-corrected chi connectivity index (χ1v) is 7.23. The maximum Gasteiger partial charge on any atom is -0.0119 e. The number of allylic oxidation sites excluding steroid dienone is 8. The smallest absolute Gasteiger partial charge is 0.0119 e. The Hall–Kier alpha value is -1.04. The van der Waals surface area contributed by atoms with E-state index in [1.165, 1.54) is 38.5 Å². The second-order valence-corrected chi connectivity index (χ2v) is 6.00. The van der Waals surface area contributed by atoms with E-state index in [4.69, 9.17) is 0 Å². The summed E-state index contributed by atoms with van der Waals surface area (Å²) < 4.78 is 0. The number of rotatable bonds is 0. The minimum Gasteiger partial charge on any atom is -0.0622 e. The van der Waals surface area contributed by atoms with Crippen LogP contribution in [0.3, 0.4) is 0 Å². The van der Waals surface area contributed by atoms with E-state index >= 15 is 0 Å². The van der Waals surface area contributed by atoms with Gasteiger partial charge in [-0.25, -0.2) is 0 Å². The quantitative estimate of drug-likeness (QED) is 0.565. The highest BCUT2D eigenvalue weighted by Gasteiger charge is 2.45. The van der Waals surface area contributed by atoms with Crippen LogP contribution in [-0.2, 0) is 0 Å². The van der Waals surface area contributed by atoms with Crippen LogP contribution in [-0.4, -0.2) is 0 Å². The molecule has 0 amide bonds. The van der Waals surface area contributed by atoms with Gasteiger partial charge in [0, 0.05) is 0 Å². The molecule has 4 aliphatic carbocycles. The fraction of sp³-hybridized carbons (Fsp3) is 0.529. The summed E-state index contributed by atoms with van der Waals surface area (Å²) in [5, 5.41) is 0. The van der Waals surface area contributed by atoms with Crippen LogP contribution in [0.1, 0.15) is 38.5 Å². The Balaban J connectivity index is 1.85. The van der Waals surface area contributed by atoms with Crippen LogP contribution in [0.4, 0.5) is 0 Å². The van der Waals surface area contributed by atoms with Crippen LogP contribution < -0.4 is 0 Å². The summed E-state index contributed by atoms with van der Waals surface area (Å²) in [6, 6.07) is 0. The first-order valence-electron chi connectivity index (χ1n) is 7.23. The van der Waals surface area contributed by atoms with Crippen molar-refractivity contribution in [3.63, 3.8) is 0 Å². The van der Waals surface area contributed by atoms with E-state index < -0.39 is 0 Å². The Morgan fingerprint density at radius 3 is 2.82 bits per heavy atom. The lowest BCUT2D eigenvalue weighted by atomic mass is 9.75. The van der Waals surface area contributed by atoms with Crippen molar-refractivity contribution >= 4 is 0 Å². The standard InChI is InChI=1S/C17H20/c1-2-6-12-10-11-16-14-8-5-4-7-13(14)15(9-3-1)17(12)16/h1-3,6,9,13-14,16H,4-5,7-8,10-11H2/b2-1?,3-1?,6-2?,9-3?,12-6-,15-9?. The molecule has 88 valence electrons. The predicted molar refractivity (Wildman–Crippen MR) is 71.6 cm³/mol. The summed E-state index contributed by atoms with van der Waals surface area (Å²) >= 11 is 0. The maximum absolute atomic E-state index is 2.42. The van der Waals surface area contributed by atoms with Gasteiger partial charge in [-0.3, -0.25) is 0 Å². The summed E-state index contributed by atoms with van der Waals surface area (Å²) in [7, 11) is 0. The molecule has 0 aromatic carbocycles. The lowest BCUT2D eigenvalue weighted by molar-refractivity contribution is 0.238. The highest BCUT2D eigenvalue weighted by atomic mass is 14.5. The van der Waals surface area contributed by atoms with Crippen molar-refractivity contribution < 1.29 is 0 Å². The predicted octanol–water partition coefficient (Wildman–Crippen LogP) is 4.57. The molecule has 0 spiro atoms. The molecule has 0 aliphatic heterocycles. The Labute approximate surface area is 104 Å². The van der Waals surface area contributed by atoms with Crippen molar-refractivity contribution in [2.75, 3.05) is 0 Å². The molecule has 0 saturated heterocycles. The third-order valence-corrected chi connectivity index (χ3v) is 5.28. The van der Waals surface area contributed by atoms with Crippen molar-refractivity contribution in [2.24, 2.45) is 17.8 Å². The molecule has 0 radical (unpaired) electrons. The third kappa shape index (κ3) is 1.36. The zero-order chi connectivity index (χ0) is 11.2. The highest BCUT2D eigenvalue weighted by Crippen LogP contribution is 2.57. The van der Waals surface area contributed by atoms with Gasteiger partial charge in [-0.05, 0) is 60.2 Å². The molecule has 0 aromatic rings. The van der Waals surface area contributed by atoms with Gasteiger partial charge in [-0.2, -0.15) is 0 Å². The second kappa shape index (κ2) is 3.73. The molecule has 17 heavy (non-hydrogen) atoms. The van der Waals surface area contributed by atoms with Crippen molar-refractivity contribution in [1.82, 2.24) is 0 Å². The molecule has 0 bridgehead atoms. The zero-order valence-electron chi connectivity index (χ0n) is 10.4. The van der Waals surface area contributed by atoms with Gasteiger partial charge >= 0.3 is 0 Å². The molecule has 2 fully saturated rings. The van der Waals surface area contributed by atoms with Crippen LogP contribution in [0, 0.1) is 17.8 Å². The summed E-state index contributed by atoms with van der Waals surface area (Å²) in [6.07, 6.45) is 20.1. The molecule has 3 atom stereocenters. The zero-order valence-corrected chi connectivity index (χ0v) is 10.4. The minimum absolute atomic E-state index is 0.898. The van der Waals surface area contributed by atoms with E-state index in [-0.39, 0.29) is 0 Å². The molecule has 0 N–H and O–H groups in total. The number of hydrogen-bond acceptors (Lipinski definition) is 0. The van der Waals surface area contributed by atoms with E-state index in [2.05, 4.69) is 30.4 Å². The highest BCUT2D eigenvalue weighted by molar-refractivity contribution is 5.53. The van der Waals surface area contributed by atoms with Gasteiger partial charge in [-0.15, -0.1) is 0 Å². The first-order chi connectivity index (χ1) is 8.45. The molecule has 0 heteroatoms. The normalized spacial score (nSPS) is 41.6. The largest absolute Gasteiger partial charge is 0.0622 e. The van der Waals surface area contributed by atoms with E-state index in [9.17, 15) is 0 Å². The van der Waals surface area contributed by atoms with E-state index in [0.29, 0.717) is 0 Å². The lowest BCUT2D eigenvalue weighted by Gasteiger charge is -2.30. The van der Waals surface area contributed by atoms with Crippen molar-refractivity contribution in [3.05, 3.63) is 47.1 Å². The van der Waals surface area contributed by atoms with Crippen LogP contribution in [0.2, 0.25) is 0 Å². The summed E-state index contributed by atoms with van der Waals surface area (Å²) in [5.41, 5.74) is 5.13. The minimum atomic E-state index is 0.898. The van der Waals surface area contributed by atoms with Gasteiger partial charge in [0.2, 0.25) is 0 Å². The Kier molecular flexibility index (Phi) is 2.18. The monoisotopic (exact) mass is 224 g/mol. The van der Waals surface area contributed by atoms with Gasteiger partial charge in [0.25, 0.3) is 0 Å². The van der Waals surface area contributed by atoms with Crippen molar-refractivity contribution in [1.29, 1.82) is 0 Å². The molecule has 0 aromatic heterocycles. The lowest BCUT2D eigenvalue weighted by Crippen LogP contribution is -2.20. The molecule has 2 saturated carbocycles. The average molecular weight is 224 g/mol. The summed E-state index contributed by atoms with van der Waals surface area (Å²) in [4.78, 5) is 0. The summed E-state index contributed by atoms with van der Waals surface area (Å²) in [5.74, 6) is 2.80. The Morgan fingerprint density at radius 2 is 1.82 bits per heavy atom. The van der Waals surface area contributed by atoms with Crippen LogP contribution in [0.25, 0.3) is 0 Å². The second-order valence-electron chi connectivity index (χ2n) is 6.00. The van der Waals surface area contributed by atoms with Crippen LogP contribution in [0.5, 0.6) is 0 Å². The van der Waals surface area contributed by atoms with E-state index in [1.54, 1.807) is 16.7 Å².